The summed E-state index contributed by atoms with van der Waals surface area (Å²) in [7, 11) is 0. The number of anilines is 1. The zero-order valence-electron chi connectivity index (χ0n) is 20.5. The third-order valence-corrected chi connectivity index (χ3v) is 8.67. The first-order valence-electron chi connectivity index (χ1n) is 12.0. The largest absolute Gasteiger partial charge is 0.481 e. The number of aliphatic hydroxyl groups is 1. The van der Waals surface area contributed by atoms with E-state index >= 15 is 0 Å². The lowest BCUT2D eigenvalue weighted by Crippen LogP contribution is -2.59. The number of halogens is 1. The average Bonchev–Trinajstić information content (AvgIpc) is 3.31. The number of aliphatic hydroxyl groups excluding tert-OH is 1. The lowest BCUT2D eigenvalue weighted by Gasteiger charge is -2.39. The lowest BCUT2D eigenvalue weighted by atomic mass is 9.62. The van der Waals surface area contributed by atoms with Crippen LogP contribution in [0, 0.1) is 24.7 Å². The first-order chi connectivity index (χ1) is 16.5. The monoisotopic (exact) mass is 504 g/mol. The predicted molar refractivity (Wildman–Crippen MR) is 131 cm³/mol. The van der Waals surface area contributed by atoms with Crippen molar-refractivity contribution >= 4 is 35.1 Å². The van der Waals surface area contributed by atoms with E-state index in [9.17, 15) is 24.6 Å². The van der Waals surface area contributed by atoms with Crippen LogP contribution in [-0.4, -0.2) is 69.3 Å². The van der Waals surface area contributed by atoms with Crippen LogP contribution < -0.4 is 4.90 Å². The van der Waals surface area contributed by atoms with Crippen molar-refractivity contribution in [3.8, 4) is 0 Å². The zero-order valence-corrected chi connectivity index (χ0v) is 21.3. The van der Waals surface area contributed by atoms with Crippen molar-refractivity contribution in [3.63, 3.8) is 0 Å². The number of fused-ring (bicyclic) bond motifs is 1. The number of carboxylic acids is 1. The number of carbonyl (C=O) groups excluding carboxylic acids is 2. The van der Waals surface area contributed by atoms with Crippen LogP contribution in [-0.2, 0) is 19.1 Å². The molecule has 2 N–H and O–H groups in total. The predicted octanol–water partition coefficient (Wildman–Crippen LogP) is 3.03. The van der Waals surface area contributed by atoms with Gasteiger partial charge >= 0.3 is 5.97 Å². The van der Waals surface area contributed by atoms with E-state index in [4.69, 9.17) is 16.3 Å². The molecule has 0 radical (unpaired) electrons. The SMILES string of the molecule is C=CCN(C(=O)C1N([C@@H](CC)CO)C(=O)[C@@H]2[C@@H](C(=O)O)[C@]3(C)OC12CC3C)c1c(C)cccc1Cl. The summed E-state index contributed by atoms with van der Waals surface area (Å²) in [6.07, 6.45) is 2.34. The van der Waals surface area contributed by atoms with Crippen LogP contribution in [0.25, 0.3) is 0 Å². The maximum absolute atomic E-state index is 14.5. The first-order valence-corrected chi connectivity index (χ1v) is 12.4. The maximum atomic E-state index is 14.5. The Bertz CT molecular complexity index is 1050. The molecule has 35 heavy (non-hydrogen) atoms. The van der Waals surface area contributed by atoms with E-state index in [1.165, 1.54) is 9.80 Å². The molecule has 3 saturated heterocycles. The molecule has 3 fully saturated rings. The summed E-state index contributed by atoms with van der Waals surface area (Å²) in [6.45, 7) is 10.9. The summed E-state index contributed by atoms with van der Waals surface area (Å²) in [5, 5.41) is 20.7. The van der Waals surface area contributed by atoms with Gasteiger partial charge in [0.1, 0.15) is 17.6 Å². The molecule has 190 valence electrons. The number of aryl methyl sites for hydroxylation is 1. The molecule has 0 saturated carbocycles. The second-order valence-electron chi connectivity index (χ2n) is 10.2. The summed E-state index contributed by atoms with van der Waals surface area (Å²) >= 11 is 6.53. The van der Waals surface area contributed by atoms with E-state index in [0.29, 0.717) is 23.6 Å². The summed E-state index contributed by atoms with van der Waals surface area (Å²) in [4.78, 5) is 43.7. The van der Waals surface area contributed by atoms with Crippen molar-refractivity contribution in [3.05, 3.63) is 41.4 Å². The van der Waals surface area contributed by atoms with Crippen LogP contribution in [0.15, 0.2) is 30.9 Å². The Morgan fingerprint density at radius 3 is 2.66 bits per heavy atom. The molecule has 3 unspecified atom stereocenters. The van der Waals surface area contributed by atoms with Gasteiger partial charge in [0.15, 0.2) is 0 Å². The normalized spacial score (nSPS) is 34.1. The second-order valence-corrected chi connectivity index (χ2v) is 10.6. The van der Waals surface area contributed by atoms with Gasteiger partial charge in [-0.05, 0) is 44.2 Å². The number of aliphatic carboxylic acids is 1. The van der Waals surface area contributed by atoms with E-state index in [0.717, 1.165) is 5.56 Å². The number of ether oxygens (including phenoxy) is 1. The molecule has 0 aliphatic carbocycles. The van der Waals surface area contributed by atoms with Crippen molar-refractivity contribution in [1.82, 2.24) is 4.90 Å². The van der Waals surface area contributed by atoms with Gasteiger partial charge in [-0.15, -0.1) is 6.58 Å². The van der Waals surface area contributed by atoms with Gasteiger partial charge in [-0.2, -0.15) is 0 Å². The highest BCUT2D eigenvalue weighted by molar-refractivity contribution is 6.34. The van der Waals surface area contributed by atoms with Crippen LogP contribution >= 0.6 is 11.6 Å². The first kappa shape index (κ1) is 25.7. The number of carbonyl (C=O) groups is 3. The summed E-state index contributed by atoms with van der Waals surface area (Å²) in [6, 6.07) is 3.55. The van der Waals surface area contributed by atoms with Gasteiger partial charge in [-0.25, -0.2) is 0 Å². The van der Waals surface area contributed by atoms with Crippen molar-refractivity contribution in [2.24, 2.45) is 17.8 Å². The van der Waals surface area contributed by atoms with E-state index in [1.807, 2.05) is 26.8 Å². The molecule has 2 amide bonds. The Morgan fingerprint density at radius 2 is 2.11 bits per heavy atom. The highest BCUT2D eigenvalue weighted by atomic mass is 35.5. The molecule has 1 aromatic rings. The molecule has 2 bridgehead atoms. The number of hydrogen-bond donors (Lipinski definition) is 2. The molecule has 4 rings (SSSR count). The number of hydrogen-bond acceptors (Lipinski definition) is 5. The minimum absolute atomic E-state index is 0.133. The number of para-hydroxylation sites is 1. The Balaban J connectivity index is 1.92. The number of likely N-dealkylation sites (tertiary alicyclic amines) is 1. The van der Waals surface area contributed by atoms with Gasteiger partial charge in [-0.1, -0.05) is 43.7 Å². The van der Waals surface area contributed by atoms with Crippen molar-refractivity contribution in [2.45, 2.75) is 63.8 Å². The standard InChI is InChI=1S/C26H33ClN2O6/c1-6-11-28(20-14(3)9-8-10-17(20)27)23(32)21-26-12-15(4)25(5,35-26)19(24(33)34)18(26)22(31)29(21)16(7-2)13-30/h6,8-10,15-16,18-19,21,30H,1,7,11-13H2,2-5H3,(H,33,34)/t15?,16-,18-,19-,21?,25+,26?/m0/s1. The quantitative estimate of drug-likeness (QED) is 0.527. The average molecular weight is 505 g/mol. The van der Waals surface area contributed by atoms with Crippen molar-refractivity contribution in [2.75, 3.05) is 18.1 Å². The fourth-order valence-corrected chi connectivity index (χ4v) is 7.00. The number of nitrogens with zero attached hydrogens (tertiary/aromatic N) is 2. The molecule has 3 heterocycles. The fraction of sp³-hybridized carbons (Fsp3) is 0.577. The number of amides is 2. The van der Waals surface area contributed by atoms with Crippen LogP contribution in [0.5, 0.6) is 0 Å². The van der Waals surface area contributed by atoms with E-state index in [2.05, 4.69) is 6.58 Å². The van der Waals surface area contributed by atoms with E-state index in [-0.39, 0.29) is 19.1 Å². The molecular weight excluding hydrogens is 472 g/mol. The zero-order chi connectivity index (χ0) is 25.9. The van der Waals surface area contributed by atoms with Crippen LogP contribution in [0.1, 0.15) is 39.2 Å². The van der Waals surface area contributed by atoms with Crippen molar-refractivity contribution in [1.29, 1.82) is 0 Å². The maximum Gasteiger partial charge on any atom is 0.310 e. The molecule has 9 heteroatoms. The molecule has 3 aliphatic rings. The Kier molecular flexibility index (Phi) is 6.53. The highest BCUT2D eigenvalue weighted by Crippen LogP contribution is 2.65. The van der Waals surface area contributed by atoms with Gasteiger partial charge in [0.25, 0.3) is 5.91 Å². The van der Waals surface area contributed by atoms with E-state index in [1.54, 1.807) is 25.1 Å². The van der Waals surface area contributed by atoms with Gasteiger partial charge in [0.05, 0.1) is 34.9 Å². The molecule has 3 aliphatic heterocycles. The lowest BCUT2D eigenvalue weighted by molar-refractivity contribution is -0.157. The molecule has 7 atom stereocenters. The topological polar surface area (TPSA) is 107 Å². The molecule has 1 aromatic carbocycles. The fourth-order valence-electron chi connectivity index (χ4n) is 6.67. The third-order valence-electron chi connectivity index (χ3n) is 8.36. The summed E-state index contributed by atoms with van der Waals surface area (Å²) < 4.78 is 6.52. The Morgan fingerprint density at radius 1 is 1.43 bits per heavy atom. The molecule has 8 nitrogen and oxygen atoms in total. The second kappa shape index (κ2) is 8.91. The molecular formula is C26H33ClN2O6. The van der Waals surface area contributed by atoms with Crippen LogP contribution in [0.3, 0.4) is 0 Å². The van der Waals surface area contributed by atoms with Gasteiger partial charge < -0.3 is 24.7 Å². The summed E-state index contributed by atoms with van der Waals surface area (Å²) in [5.41, 5.74) is -1.12. The number of benzene rings is 1. The minimum atomic E-state index is -1.32. The number of carboxylic acid groups (broad SMARTS) is 1. The van der Waals surface area contributed by atoms with Crippen LogP contribution in [0.4, 0.5) is 5.69 Å². The van der Waals surface area contributed by atoms with Gasteiger partial charge in [0, 0.05) is 6.54 Å². The smallest absolute Gasteiger partial charge is 0.310 e. The Labute approximate surface area is 210 Å². The highest BCUT2D eigenvalue weighted by Gasteiger charge is 2.80. The third kappa shape index (κ3) is 3.44. The van der Waals surface area contributed by atoms with Gasteiger partial charge in [0.2, 0.25) is 5.91 Å². The molecule has 0 aromatic heterocycles. The summed E-state index contributed by atoms with van der Waals surface area (Å²) in [5.74, 6) is -4.30. The van der Waals surface area contributed by atoms with Gasteiger partial charge in [-0.3, -0.25) is 14.4 Å². The van der Waals surface area contributed by atoms with Crippen molar-refractivity contribution < 1.29 is 29.3 Å². The molecule has 1 spiro atoms. The van der Waals surface area contributed by atoms with E-state index < -0.39 is 52.9 Å². The minimum Gasteiger partial charge on any atom is -0.481 e. The number of rotatable bonds is 8. The Hall–Kier alpha value is -2.42. The van der Waals surface area contributed by atoms with Crippen LogP contribution in [0.2, 0.25) is 5.02 Å².